The van der Waals surface area contributed by atoms with Gasteiger partial charge in [0.2, 0.25) is 0 Å². The first kappa shape index (κ1) is 13.9. The van der Waals surface area contributed by atoms with Crippen molar-refractivity contribution in [3.05, 3.63) is 0 Å². The molecule has 0 spiro atoms. The van der Waals surface area contributed by atoms with Crippen molar-refractivity contribution in [1.29, 1.82) is 0 Å². The molecular formula is C13H28N2O. The number of aliphatic hydroxyl groups is 1. The van der Waals surface area contributed by atoms with Crippen LogP contribution in [0.5, 0.6) is 0 Å². The first-order chi connectivity index (χ1) is 7.67. The molecule has 1 saturated carbocycles. The molecule has 0 heterocycles. The molecule has 2 N–H and O–H groups in total. The van der Waals surface area contributed by atoms with Gasteiger partial charge in [0, 0.05) is 19.1 Å². The number of rotatable bonds is 6. The van der Waals surface area contributed by atoms with Gasteiger partial charge in [0.1, 0.15) is 0 Å². The lowest BCUT2D eigenvalue weighted by molar-refractivity contribution is 0.0847. The Labute approximate surface area is 100 Å². The van der Waals surface area contributed by atoms with Gasteiger partial charge in [-0.3, -0.25) is 0 Å². The molecule has 0 aromatic rings. The van der Waals surface area contributed by atoms with E-state index in [1.54, 1.807) is 0 Å². The van der Waals surface area contributed by atoms with Crippen molar-refractivity contribution < 1.29 is 5.11 Å². The molecule has 1 aliphatic carbocycles. The third kappa shape index (κ3) is 4.40. The Morgan fingerprint density at radius 1 is 1.31 bits per heavy atom. The van der Waals surface area contributed by atoms with E-state index in [4.69, 9.17) is 0 Å². The third-order valence-electron chi connectivity index (χ3n) is 3.96. The summed E-state index contributed by atoms with van der Waals surface area (Å²) in [4.78, 5) is 2.34. The zero-order valence-corrected chi connectivity index (χ0v) is 11.1. The second kappa shape index (κ2) is 7.25. The highest BCUT2D eigenvalue weighted by atomic mass is 16.3. The summed E-state index contributed by atoms with van der Waals surface area (Å²) in [5, 5.41) is 12.8. The Morgan fingerprint density at radius 3 is 2.44 bits per heavy atom. The van der Waals surface area contributed by atoms with Crippen LogP contribution in [-0.4, -0.2) is 49.3 Å². The molecule has 1 atom stereocenters. The summed E-state index contributed by atoms with van der Waals surface area (Å²) in [5.74, 6) is 0.951. The predicted octanol–water partition coefficient (Wildman–Crippen LogP) is 1.47. The molecule has 1 unspecified atom stereocenters. The molecule has 0 radical (unpaired) electrons. The summed E-state index contributed by atoms with van der Waals surface area (Å²) in [6.07, 6.45) is 6.45. The molecule has 16 heavy (non-hydrogen) atoms. The third-order valence-corrected chi connectivity index (χ3v) is 3.96. The average molecular weight is 228 g/mol. The Balaban J connectivity index is 2.24. The minimum Gasteiger partial charge on any atom is -0.390 e. The lowest BCUT2D eigenvalue weighted by atomic mass is 9.84. The summed E-state index contributed by atoms with van der Waals surface area (Å²) in [5.41, 5.74) is 0. The van der Waals surface area contributed by atoms with E-state index in [1.165, 1.54) is 32.1 Å². The molecule has 0 amide bonds. The SMILES string of the molecule is CCC1CCC(N(C)CC(O)CNC)CC1. The summed E-state index contributed by atoms with van der Waals surface area (Å²) < 4.78 is 0. The van der Waals surface area contributed by atoms with Crippen molar-refractivity contribution in [3.8, 4) is 0 Å². The minimum absolute atomic E-state index is 0.237. The molecule has 3 nitrogen and oxygen atoms in total. The molecule has 1 fully saturated rings. The van der Waals surface area contributed by atoms with Crippen molar-refractivity contribution in [2.75, 3.05) is 27.2 Å². The average Bonchev–Trinajstić information content (AvgIpc) is 2.29. The second-order valence-electron chi connectivity index (χ2n) is 5.23. The van der Waals surface area contributed by atoms with Gasteiger partial charge in [0.05, 0.1) is 6.10 Å². The van der Waals surface area contributed by atoms with Crippen molar-refractivity contribution >= 4 is 0 Å². The predicted molar refractivity (Wildman–Crippen MR) is 68.6 cm³/mol. The van der Waals surface area contributed by atoms with Crippen molar-refractivity contribution in [2.24, 2.45) is 5.92 Å². The summed E-state index contributed by atoms with van der Waals surface area (Å²) >= 11 is 0. The fourth-order valence-electron chi connectivity index (χ4n) is 2.78. The van der Waals surface area contributed by atoms with Gasteiger partial charge in [-0.15, -0.1) is 0 Å². The minimum atomic E-state index is -0.237. The fourth-order valence-corrected chi connectivity index (χ4v) is 2.78. The monoisotopic (exact) mass is 228 g/mol. The zero-order chi connectivity index (χ0) is 12.0. The second-order valence-corrected chi connectivity index (χ2v) is 5.23. The van der Waals surface area contributed by atoms with E-state index in [0.29, 0.717) is 12.6 Å². The fraction of sp³-hybridized carbons (Fsp3) is 1.00. The van der Waals surface area contributed by atoms with E-state index in [2.05, 4.69) is 24.2 Å². The summed E-state index contributed by atoms with van der Waals surface area (Å²) in [6, 6.07) is 0.689. The van der Waals surface area contributed by atoms with Crippen molar-refractivity contribution in [1.82, 2.24) is 10.2 Å². The van der Waals surface area contributed by atoms with E-state index >= 15 is 0 Å². The van der Waals surface area contributed by atoms with Crippen LogP contribution in [0.25, 0.3) is 0 Å². The van der Waals surface area contributed by atoms with Gasteiger partial charge >= 0.3 is 0 Å². The quantitative estimate of drug-likeness (QED) is 0.722. The van der Waals surface area contributed by atoms with Gasteiger partial charge in [0.15, 0.2) is 0 Å². The van der Waals surface area contributed by atoms with Crippen LogP contribution in [0, 0.1) is 5.92 Å². The van der Waals surface area contributed by atoms with Crippen LogP contribution in [0.15, 0.2) is 0 Å². The van der Waals surface area contributed by atoms with E-state index in [-0.39, 0.29) is 6.10 Å². The molecule has 96 valence electrons. The van der Waals surface area contributed by atoms with Gasteiger partial charge < -0.3 is 15.3 Å². The number of nitrogens with zero attached hydrogens (tertiary/aromatic N) is 1. The first-order valence-electron chi connectivity index (χ1n) is 6.70. The number of hydrogen-bond acceptors (Lipinski definition) is 3. The first-order valence-corrected chi connectivity index (χ1v) is 6.70. The highest BCUT2D eigenvalue weighted by molar-refractivity contribution is 4.79. The smallest absolute Gasteiger partial charge is 0.0791 e. The molecule has 3 heteroatoms. The number of likely N-dealkylation sites (N-methyl/N-ethyl adjacent to an activating group) is 2. The van der Waals surface area contributed by atoms with Gasteiger partial charge in [-0.2, -0.15) is 0 Å². The zero-order valence-electron chi connectivity index (χ0n) is 11.1. The van der Waals surface area contributed by atoms with Gasteiger partial charge in [-0.25, -0.2) is 0 Å². The molecule has 0 aromatic heterocycles. The van der Waals surface area contributed by atoms with Crippen LogP contribution in [-0.2, 0) is 0 Å². The Bertz CT molecular complexity index is 179. The van der Waals surface area contributed by atoms with Crippen LogP contribution in [0.1, 0.15) is 39.0 Å². The van der Waals surface area contributed by atoms with Crippen molar-refractivity contribution in [2.45, 2.75) is 51.2 Å². The van der Waals surface area contributed by atoms with E-state index in [1.807, 2.05) is 7.05 Å². The topological polar surface area (TPSA) is 35.5 Å². The standard InChI is InChI=1S/C13H28N2O/c1-4-11-5-7-12(8-6-11)15(3)10-13(16)9-14-2/h11-14,16H,4-10H2,1-3H3. The van der Waals surface area contributed by atoms with Crippen LogP contribution >= 0.6 is 0 Å². The highest BCUT2D eigenvalue weighted by Crippen LogP contribution is 2.28. The van der Waals surface area contributed by atoms with Crippen LogP contribution < -0.4 is 5.32 Å². The molecule has 0 aliphatic heterocycles. The molecule has 1 aliphatic rings. The van der Waals surface area contributed by atoms with Crippen molar-refractivity contribution in [3.63, 3.8) is 0 Å². The lowest BCUT2D eigenvalue weighted by Crippen LogP contribution is -2.42. The maximum Gasteiger partial charge on any atom is 0.0791 e. The molecular weight excluding hydrogens is 200 g/mol. The maximum absolute atomic E-state index is 9.74. The van der Waals surface area contributed by atoms with Gasteiger partial charge in [0.25, 0.3) is 0 Å². The number of aliphatic hydroxyl groups excluding tert-OH is 1. The normalized spacial score (nSPS) is 28.3. The van der Waals surface area contributed by atoms with Crippen LogP contribution in [0.3, 0.4) is 0 Å². The Morgan fingerprint density at radius 2 is 1.94 bits per heavy atom. The van der Waals surface area contributed by atoms with E-state index in [9.17, 15) is 5.11 Å². The van der Waals surface area contributed by atoms with Gasteiger partial charge in [-0.05, 0) is 45.7 Å². The molecule has 0 bridgehead atoms. The number of hydrogen-bond donors (Lipinski definition) is 2. The Kier molecular flexibility index (Phi) is 6.32. The van der Waals surface area contributed by atoms with E-state index < -0.39 is 0 Å². The van der Waals surface area contributed by atoms with E-state index in [0.717, 1.165) is 12.5 Å². The Hall–Kier alpha value is -0.120. The summed E-state index contributed by atoms with van der Waals surface area (Å²) in [7, 11) is 4.03. The molecule has 0 saturated heterocycles. The van der Waals surface area contributed by atoms with Crippen LogP contribution in [0.4, 0.5) is 0 Å². The van der Waals surface area contributed by atoms with Gasteiger partial charge in [-0.1, -0.05) is 13.3 Å². The molecule has 0 aromatic carbocycles. The summed E-state index contributed by atoms with van der Waals surface area (Å²) in [6.45, 7) is 3.78. The lowest BCUT2D eigenvalue weighted by Gasteiger charge is -2.35. The highest BCUT2D eigenvalue weighted by Gasteiger charge is 2.23. The van der Waals surface area contributed by atoms with Crippen LogP contribution in [0.2, 0.25) is 0 Å². The number of nitrogens with one attached hydrogen (secondary N) is 1. The largest absolute Gasteiger partial charge is 0.390 e. The molecule has 1 rings (SSSR count). The maximum atomic E-state index is 9.74.